The molecule has 0 aliphatic rings. The zero-order valence-corrected chi connectivity index (χ0v) is 18.5. The van der Waals surface area contributed by atoms with Crippen LogP contribution in [0.25, 0.3) is 26.9 Å². The molecule has 14 heteroatoms. The van der Waals surface area contributed by atoms with Crippen molar-refractivity contribution in [2.45, 2.75) is 24.2 Å². The number of pyridine rings is 2. The molecule has 4 heterocycles. The van der Waals surface area contributed by atoms with E-state index >= 15 is 0 Å². The van der Waals surface area contributed by atoms with Gasteiger partial charge >= 0.3 is 12.4 Å². The van der Waals surface area contributed by atoms with Gasteiger partial charge in [-0.15, -0.1) is 11.8 Å². The smallest absolute Gasteiger partial charge is 0.301 e. The largest absolute Gasteiger partial charge is 0.435 e. The topological polar surface area (TPSA) is 65.6 Å². The maximum absolute atomic E-state index is 13.2. The molecular formula is C19H13F6N5OS2. The van der Waals surface area contributed by atoms with Crippen LogP contribution in [0.4, 0.5) is 26.3 Å². The molecular weight excluding hydrogens is 492 g/mol. The van der Waals surface area contributed by atoms with Crippen LogP contribution in [0.1, 0.15) is 18.2 Å². The van der Waals surface area contributed by atoms with Gasteiger partial charge in [0.05, 0.1) is 5.52 Å². The van der Waals surface area contributed by atoms with Gasteiger partial charge in [-0.05, 0) is 30.0 Å². The van der Waals surface area contributed by atoms with Crippen molar-refractivity contribution < 1.29 is 26.3 Å². The van der Waals surface area contributed by atoms with Crippen molar-refractivity contribution in [3.05, 3.63) is 52.1 Å². The molecule has 0 saturated heterocycles. The summed E-state index contributed by atoms with van der Waals surface area (Å²) in [5.41, 5.74) is -3.40. The van der Waals surface area contributed by atoms with Gasteiger partial charge < -0.3 is 4.57 Å². The van der Waals surface area contributed by atoms with Crippen LogP contribution < -0.4 is 5.56 Å². The summed E-state index contributed by atoms with van der Waals surface area (Å²) in [4.78, 5) is 21.7. The molecule has 0 saturated carbocycles. The van der Waals surface area contributed by atoms with Gasteiger partial charge in [0, 0.05) is 18.1 Å². The SMILES string of the molecule is CCSc1ccc(-n2ccc(C(F)(F)F)n2)nc1-c1nc2cc(C(F)(F)F)c(=O)n(C)c2s1. The van der Waals surface area contributed by atoms with Crippen molar-refractivity contribution in [2.24, 2.45) is 7.05 Å². The molecule has 4 aromatic heterocycles. The van der Waals surface area contributed by atoms with Crippen LogP contribution in [0.2, 0.25) is 0 Å². The Balaban J connectivity index is 1.88. The first-order valence-corrected chi connectivity index (χ1v) is 11.1. The predicted octanol–water partition coefficient (Wildman–Crippen LogP) is 5.39. The minimum atomic E-state index is -4.84. The van der Waals surface area contributed by atoms with Crippen molar-refractivity contribution in [2.75, 3.05) is 5.75 Å². The number of nitrogens with zero attached hydrogens (tertiary/aromatic N) is 5. The first-order valence-electron chi connectivity index (χ1n) is 9.25. The fraction of sp³-hybridized carbons (Fsp3) is 0.263. The van der Waals surface area contributed by atoms with E-state index in [9.17, 15) is 31.1 Å². The van der Waals surface area contributed by atoms with Crippen molar-refractivity contribution in [3.8, 4) is 16.5 Å². The lowest BCUT2D eigenvalue weighted by atomic mass is 10.2. The monoisotopic (exact) mass is 505 g/mol. The highest BCUT2D eigenvalue weighted by atomic mass is 32.2. The summed E-state index contributed by atoms with van der Waals surface area (Å²) in [5.74, 6) is 0.709. The number of rotatable bonds is 4. The maximum Gasteiger partial charge on any atom is 0.435 e. The quantitative estimate of drug-likeness (QED) is 0.275. The number of halogens is 6. The van der Waals surface area contributed by atoms with Gasteiger partial charge in [0.15, 0.2) is 11.5 Å². The molecule has 0 atom stereocenters. The average molecular weight is 505 g/mol. The molecule has 174 valence electrons. The fourth-order valence-electron chi connectivity index (χ4n) is 3.03. The molecule has 0 aliphatic carbocycles. The van der Waals surface area contributed by atoms with Crippen molar-refractivity contribution in [1.82, 2.24) is 24.3 Å². The van der Waals surface area contributed by atoms with E-state index in [1.54, 1.807) is 6.07 Å². The number of hydrogen-bond acceptors (Lipinski definition) is 6. The molecule has 4 rings (SSSR count). The molecule has 4 aromatic rings. The Hall–Kier alpha value is -2.87. The van der Waals surface area contributed by atoms with Crippen LogP contribution in [-0.2, 0) is 19.4 Å². The maximum atomic E-state index is 13.2. The van der Waals surface area contributed by atoms with E-state index in [0.717, 1.165) is 32.8 Å². The van der Waals surface area contributed by atoms with E-state index in [1.165, 1.54) is 24.9 Å². The Morgan fingerprint density at radius 2 is 1.79 bits per heavy atom. The van der Waals surface area contributed by atoms with Gasteiger partial charge in [0.25, 0.3) is 5.56 Å². The predicted molar refractivity (Wildman–Crippen MR) is 112 cm³/mol. The summed E-state index contributed by atoms with van der Waals surface area (Å²) in [6.07, 6.45) is -8.36. The lowest BCUT2D eigenvalue weighted by Gasteiger charge is -2.08. The fourth-order valence-corrected chi connectivity index (χ4v) is 4.85. The molecule has 0 amide bonds. The van der Waals surface area contributed by atoms with Gasteiger partial charge in [-0.2, -0.15) is 31.4 Å². The second kappa shape index (κ2) is 8.17. The average Bonchev–Trinajstić information content (AvgIpc) is 3.38. The Kier molecular flexibility index (Phi) is 5.76. The summed E-state index contributed by atoms with van der Waals surface area (Å²) in [5, 5.41) is 3.73. The molecule has 0 aliphatic heterocycles. The third-order valence-electron chi connectivity index (χ3n) is 4.52. The Bertz CT molecular complexity index is 1400. The molecule has 0 radical (unpaired) electrons. The summed E-state index contributed by atoms with van der Waals surface area (Å²) in [6, 6.07) is 4.62. The van der Waals surface area contributed by atoms with Crippen LogP contribution in [0.15, 0.2) is 40.2 Å². The lowest BCUT2D eigenvalue weighted by Crippen LogP contribution is -2.26. The number of hydrogen-bond donors (Lipinski definition) is 0. The minimum Gasteiger partial charge on any atom is -0.301 e. The molecule has 0 N–H and O–H groups in total. The number of alkyl halides is 6. The Labute approximate surface area is 189 Å². The van der Waals surface area contributed by atoms with Crippen molar-refractivity contribution >= 4 is 33.4 Å². The third kappa shape index (κ3) is 4.36. The zero-order valence-electron chi connectivity index (χ0n) is 16.8. The van der Waals surface area contributed by atoms with Gasteiger partial charge in [-0.25, -0.2) is 14.6 Å². The summed E-state index contributed by atoms with van der Waals surface area (Å²) in [6.45, 7) is 1.88. The second-order valence-electron chi connectivity index (χ2n) is 6.72. The van der Waals surface area contributed by atoms with Crippen LogP contribution in [-0.4, -0.2) is 30.1 Å². The van der Waals surface area contributed by atoms with E-state index in [-0.39, 0.29) is 26.9 Å². The number of aryl methyl sites for hydroxylation is 1. The molecule has 0 bridgehead atoms. The lowest BCUT2D eigenvalue weighted by molar-refractivity contribution is -0.141. The van der Waals surface area contributed by atoms with E-state index < -0.39 is 29.2 Å². The highest BCUT2D eigenvalue weighted by molar-refractivity contribution is 7.99. The third-order valence-corrected chi connectivity index (χ3v) is 6.60. The van der Waals surface area contributed by atoms with E-state index in [2.05, 4.69) is 15.1 Å². The molecule has 0 aromatic carbocycles. The minimum absolute atomic E-state index is 0.0393. The van der Waals surface area contributed by atoms with Crippen molar-refractivity contribution in [1.29, 1.82) is 0 Å². The van der Waals surface area contributed by atoms with Gasteiger partial charge in [0.1, 0.15) is 21.1 Å². The normalized spacial score (nSPS) is 12.6. The van der Waals surface area contributed by atoms with Crippen LogP contribution >= 0.6 is 23.1 Å². The zero-order chi connectivity index (χ0) is 24.1. The van der Waals surface area contributed by atoms with E-state index in [1.807, 2.05) is 6.92 Å². The number of thiazole rings is 1. The number of fused-ring (bicyclic) bond motifs is 1. The van der Waals surface area contributed by atoms with Crippen LogP contribution in [0.3, 0.4) is 0 Å². The Morgan fingerprint density at radius 1 is 1.06 bits per heavy atom. The number of thioether (sulfide) groups is 1. The van der Waals surface area contributed by atoms with Crippen LogP contribution in [0, 0.1) is 0 Å². The highest BCUT2D eigenvalue weighted by Gasteiger charge is 2.36. The molecule has 33 heavy (non-hydrogen) atoms. The van der Waals surface area contributed by atoms with E-state index in [4.69, 9.17) is 0 Å². The molecule has 6 nitrogen and oxygen atoms in total. The van der Waals surface area contributed by atoms with Gasteiger partial charge in [-0.1, -0.05) is 18.3 Å². The summed E-state index contributed by atoms with van der Waals surface area (Å²) in [7, 11) is 1.22. The summed E-state index contributed by atoms with van der Waals surface area (Å²) < 4.78 is 80.3. The first-order chi connectivity index (χ1) is 15.4. The van der Waals surface area contributed by atoms with Crippen molar-refractivity contribution in [3.63, 3.8) is 0 Å². The van der Waals surface area contributed by atoms with E-state index in [0.29, 0.717) is 16.7 Å². The second-order valence-corrected chi connectivity index (χ2v) is 9.01. The summed E-state index contributed by atoms with van der Waals surface area (Å²) >= 11 is 2.34. The standard InChI is InChI=1S/C19H13F6N5OS2/c1-3-32-11-4-5-13(30-7-6-12(28-30)19(23,24)25)27-14(11)15-26-10-8-9(18(20,21)22)16(31)29(2)17(10)33-15/h4-8H,3H2,1-2H3. The van der Waals surface area contributed by atoms with Gasteiger partial charge in [0.2, 0.25) is 0 Å². The first kappa shape index (κ1) is 23.3. The van der Waals surface area contributed by atoms with Gasteiger partial charge in [-0.3, -0.25) is 4.79 Å². The molecule has 0 fully saturated rings. The van der Waals surface area contributed by atoms with Crippen LogP contribution in [0.5, 0.6) is 0 Å². The molecule has 0 spiro atoms. The molecule has 0 unspecified atom stereocenters. The Morgan fingerprint density at radius 3 is 2.39 bits per heavy atom. The number of aromatic nitrogens is 5. The highest BCUT2D eigenvalue weighted by Crippen LogP contribution is 2.37.